The van der Waals surface area contributed by atoms with Crippen LogP contribution < -0.4 is 34.9 Å². The summed E-state index contributed by atoms with van der Waals surface area (Å²) in [5.41, 5.74) is 9.82. The van der Waals surface area contributed by atoms with Gasteiger partial charge in [-0.05, 0) is 154 Å². The standard InChI is InChI=1S/C29H29ClN4O2.C22H24N4O2.C7H4Cl2O/c1-19-25-17-21(24-3-2-4-27-28(24)36-16-15-35-27)7-10-26(25)33-29(31-19)32-23-11-13-34(14-12-23)18-20-5-8-22(30)9-6-20;1-14-18-13-15(17-3-2-4-20-21(17)28-12-11-27-20)5-6-19(18)26-22(24-14)25-16-7-9-23-10-8-16;8-6-3-1-5(2-4-6)7(9)10/h2-10,17,23H,11-16,18H2,1H3,(H,31,32,33);2-6,13,16,23H,7-12H2,1H3,(H,24,25,26);1-4H. The lowest BCUT2D eigenvalue weighted by Gasteiger charge is -2.32. The van der Waals surface area contributed by atoms with Gasteiger partial charge in [0.1, 0.15) is 26.4 Å². The minimum Gasteiger partial charge on any atom is -0.486 e. The smallest absolute Gasteiger partial charge is 0.252 e. The third-order valence-electron chi connectivity index (χ3n) is 13.5. The first kappa shape index (κ1) is 50.8. The Balaban J connectivity index is 0.000000146. The van der Waals surface area contributed by atoms with E-state index in [2.05, 4.69) is 81.5 Å². The number of hydrogen-bond acceptors (Lipinski definition) is 13. The van der Waals surface area contributed by atoms with Gasteiger partial charge < -0.3 is 34.9 Å². The molecule has 0 atom stereocenters. The van der Waals surface area contributed by atoms with Crippen LogP contribution in [0.1, 0.15) is 53.0 Å². The Labute approximate surface area is 445 Å². The number of para-hydroxylation sites is 2. The highest BCUT2D eigenvalue weighted by atomic mass is 35.5. The molecule has 74 heavy (non-hydrogen) atoms. The van der Waals surface area contributed by atoms with Crippen LogP contribution in [0.5, 0.6) is 23.0 Å². The van der Waals surface area contributed by atoms with Crippen LogP contribution in [-0.2, 0) is 6.54 Å². The van der Waals surface area contributed by atoms with E-state index in [1.807, 2.05) is 50.2 Å². The highest BCUT2D eigenvalue weighted by molar-refractivity contribution is 6.67. The average molecular weight is 1050 g/mol. The number of piperidine rings is 2. The van der Waals surface area contributed by atoms with Crippen LogP contribution in [0.25, 0.3) is 44.1 Å². The molecule has 0 radical (unpaired) electrons. The maximum atomic E-state index is 10.5. The Kier molecular flexibility index (Phi) is 16.2. The fourth-order valence-corrected chi connectivity index (χ4v) is 10.0. The fourth-order valence-electron chi connectivity index (χ4n) is 9.63. The second kappa shape index (κ2) is 23.6. The molecule has 0 unspecified atom stereocenters. The topological polar surface area (TPSA) is 145 Å². The lowest BCUT2D eigenvalue weighted by Crippen LogP contribution is -2.39. The number of benzene rings is 6. The van der Waals surface area contributed by atoms with Crippen LogP contribution in [0, 0.1) is 13.8 Å². The summed E-state index contributed by atoms with van der Waals surface area (Å²) in [5, 5.41) is 13.5. The van der Waals surface area contributed by atoms with Crippen molar-refractivity contribution in [3.8, 4) is 45.3 Å². The molecule has 0 bridgehead atoms. The molecule has 6 aromatic carbocycles. The normalized spacial score (nSPS) is 15.6. The summed E-state index contributed by atoms with van der Waals surface area (Å²) in [6.45, 7) is 11.5. The number of rotatable bonds is 9. The first-order valence-corrected chi connectivity index (χ1v) is 26.2. The Morgan fingerprint density at radius 1 is 0.595 bits per heavy atom. The zero-order chi connectivity index (χ0) is 51.0. The van der Waals surface area contributed by atoms with Crippen molar-refractivity contribution < 1.29 is 23.7 Å². The van der Waals surface area contributed by atoms with Crippen molar-refractivity contribution in [1.82, 2.24) is 30.2 Å². The molecule has 0 amide bonds. The molecule has 12 rings (SSSR count). The molecule has 0 aliphatic carbocycles. The van der Waals surface area contributed by atoms with E-state index < -0.39 is 5.24 Å². The van der Waals surface area contributed by atoms with Crippen molar-refractivity contribution in [2.45, 2.75) is 58.2 Å². The van der Waals surface area contributed by atoms with Gasteiger partial charge in [-0.25, -0.2) is 19.9 Å². The SMILES string of the molecule is Cc1nc(NC2CCN(Cc3ccc(Cl)cc3)CC2)nc2ccc(-c3cccc4c3OCCO4)cc12.Cc1nc(NC2CCNCC2)nc2ccc(-c3cccc4c3OCCO4)cc12.O=C(Cl)c1ccc(Cl)cc1. The van der Waals surface area contributed by atoms with E-state index in [-0.39, 0.29) is 0 Å². The predicted molar refractivity (Wildman–Crippen MR) is 296 cm³/mol. The maximum Gasteiger partial charge on any atom is 0.252 e. The number of ether oxygens (including phenoxy) is 4. The van der Waals surface area contributed by atoms with Crippen LogP contribution in [0.15, 0.2) is 121 Å². The molecule has 16 heteroatoms. The van der Waals surface area contributed by atoms with E-state index in [4.69, 9.17) is 73.7 Å². The molecular weight excluding hydrogens is 995 g/mol. The predicted octanol–water partition coefficient (Wildman–Crippen LogP) is 12.4. The number of nitrogens with zero attached hydrogens (tertiary/aromatic N) is 5. The van der Waals surface area contributed by atoms with Crippen molar-refractivity contribution in [3.05, 3.63) is 154 Å². The number of aryl methyl sites for hydroxylation is 2. The van der Waals surface area contributed by atoms with E-state index in [1.54, 1.807) is 24.3 Å². The molecule has 3 N–H and O–H groups in total. The lowest BCUT2D eigenvalue weighted by molar-refractivity contribution is 0.108. The van der Waals surface area contributed by atoms with Crippen molar-refractivity contribution in [1.29, 1.82) is 0 Å². The summed E-state index contributed by atoms with van der Waals surface area (Å²) >= 11 is 16.8. The Morgan fingerprint density at radius 2 is 1.07 bits per heavy atom. The number of fused-ring (bicyclic) bond motifs is 4. The van der Waals surface area contributed by atoms with E-state index >= 15 is 0 Å². The highest BCUT2D eigenvalue weighted by Crippen LogP contribution is 2.42. The lowest BCUT2D eigenvalue weighted by atomic mass is 10.0. The van der Waals surface area contributed by atoms with Crippen LogP contribution in [-0.4, -0.2) is 94.8 Å². The van der Waals surface area contributed by atoms with Crippen LogP contribution in [0.4, 0.5) is 11.9 Å². The van der Waals surface area contributed by atoms with E-state index in [0.717, 1.165) is 148 Å². The zero-order valence-corrected chi connectivity index (χ0v) is 43.6. The zero-order valence-electron chi connectivity index (χ0n) is 41.3. The number of likely N-dealkylation sites (tertiary alicyclic amines) is 1. The molecule has 4 aliphatic heterocycles. The number of halogens is 3. The molecular formula is C58H57Cl3N8O5. The van der Waals surface area contributed by atoms with Gasteiger partial charge in [-0.15, -0.1) is 0 Å². The van der Waals surface area contributed by atoms with Crippen molar-refractivity contribution in [3.63, 3.8) is 0 Å². The summed E-state index contributed by atoms with van der Waals surface area (Å²) in [6, 6.07) is 40.0. The van der Waals surface area contributed by atoms with Gasteiger partial charge in [0.25, 0.3) is 5.24 Å². The van der Waals surface area contributed by atoms with Gasteiger partial charge in [0.15, 0.2) is 23.0 Å². The quantitative estimate of drug-likeness (QED) is 0.118. The average Bonchev–Trinajstić information content (AvgIpc) is 3.42. The summed E-state index contributed by atoms with van der Waals surface area (Å²) in [5.74, 6) is 4.65. The minimum atomic E-state index is -0.461. The summed E-state index contributed by atoms with van der Waals surface area (Å²) in [4.78, 5) is 32.1. The fraction of sp³-hybridized carbons (Fsp3) is 0.293. The minimum absolute atomic E-state index is 0.371. The summed E-state index contributed by atoms with van der Waals surface area (Å²) in [7, 11) is 0. The second-order valence-electron chi connectivity index (χ2n) is 18.7. The van der Waals surface area contributed by atoms with Gasteiger partial charge in [0.2, 0.25) is 11.9 Å². The summed E-state index contributed by atoms with van der Waals surface area (Å²) in [6.07, 6.45) is 4.32. The van der Waals surface area contributed by atoms with Gasteiger partial charge in [-0.3, -0.25) is 9.69 Å². The third-order valence-corrected chi connectivity index (χ3v) is 14.2. The Morgan fingerprint density at radius 3 is 1.57 bits per heavy atom. The monoisotopic (exact) mass is 1050 g/mol. The third kappa shape index (κ3) is 12.4. The number of anilines is 2. The molecule has 6 heterocycles. The highest BCUT2D eigenvalue weighted by Gasteiger charge is 2.23. The van der Waals surface area contributed by atoms with Gasteiger partial charge in [0, 0.05) is 69.2 Å². The number of hydrogen-bond donors (Lipinski definition) is 3. The van der Waals surface area contributed by atoms with E-state index in [9.17, 15) is 4.79 Å². The Bertz CT molecular complexity index is 3260. The number of aromatic nitrogens is 4. The van der Waals surface area contributed by atoms with Crippen molar-refractivity contribution in [2.24, 2.45) is 0 Å². The second-order valence-corrected chi connectivity index (χ2v) is 19.9. The molecule has 0 saturated carbocycles. The van der Waals surface area contributed by atoms with E-state index in [1.165, 1.54) is 5.56 Å². The number of carbonyl (C=O) groups is 1. The van der Waals surface area contributed by atoms with Crippen molar-refractivity contribution >= 4 is 73.7 Å². The van der Waals surface area contributed by atoms with Gasteiger partial charge in [0.05, 0.1) is 22.4 Å². The summed E-state index contributed by atoms with van der Waals surface area (Å²) < 4.78 is 23.3. The van der Waals surface area contributed by atoms with Gasteiger partial charge in [-0.1, -0.05) is 71.7 Å². The molecule has 2 aromatic heterocycles. The number of carbonyl (C=O) groups excluding carboxylic acids is 1. The first-order valence-electron chi connectivity index (χ1n) is 25.1. The largest absolute Gasteiger partial charge is 0.486 e. The van der Waals surface area contributed by atoms with Gasteiger partial charge >= 0.3 is 0 Å². The van der Waals surface area contributed by atoms with Crippen molar-refractivity contribution in [2.75, 3.05) is 63.2 Å². The number of nitrogens with one attached hydrogen (secondary N) is 3. The molecule has 0 spiro atoms. The molecule has 8 aromatic rings. The van der Waals surface area contributed by atoms with Crippen LogP contribution >= 0.6 is 34.8 Å². The first-order chi connectivity index (χ1) is 36.1. The maximum absolute atomic E-state index is 10.5. The van der Waals surface area contributed by atoms with Crippen LogP contribution in [0.2, 0.25) is 10.0 Å². The van der Waals surface area contributed by atoms with Crippen LogP contribution in [0.3, 0.4) is 0 Å². The molecule has 13 nitrogen and oxygen atoms in total. The molecule has 2 fully saturated rings. The van der Waals surface area contributed by atoms with E-state index in [0.29, 0.717) is 55.0 Å². The molecule has 2 saturated heterocycles. The molecule has 380 valence electrons. The van der Waals surface area contributed by atoms with Gasteiger partial charge in [-0.2, -0.15) is 0 Å². The molecule has 4 aliphatic rings. The Hall–Kier alpha value is -6.74.